The lowest BCUT2D eigenvalue weighted by Crippen LogP contribution is -2.57. The molecule has 34 heavy (non-hydrogen) atoms. The zero-order valence-electron chi connectivity index (χ0n) is 19.5. The summed E-state index contributed by atoms with van der Waals surface area (Å²) in [4.78, 5) is 30.5. The minimum absolute atomic E-state index is 0.00659. The van der Waals surface area contributed by atoms with Gasteiger partial charge in [-0.3, -0.25) is 14.5 Å². The Kier molecular flexibility index (Phi) is 7.94. The van der Waals surface area contributed by atoms with Crippen LogP contribution in [0.5, 0.6) is 5.75 Å². The highest BCUT2D eigenvalue weighted by Gasteiger charge is 2.36. The molecule has 4 rings (SSSR count). The average molecular weight is 458 g/mol. The van der Waals surface area contributed by atoms with Crippen LogP contribution in [-0.4, -0.2) is 47.4 Å². The minimum Gasteiger partial charge on any atom is -0.494 e. The number of nitrogens with zero attached hydrogens (tertiary/aromatic N) is 2. The average Bonchev–Trinajstić information content (AvgIpc) is 2.86. The molecular formula is C28H31N3O3. The number of carbonyl (C=O) groups is 2. The Bertz CT molecular complexity index is 1070. The molecule has 0 unspecified atom stereocenters. The summed E-state index contributed by atoms with van der Waals surface area (Å²) in [6.07, 6.45) is 0.101. The van der Waals surface area contributed by atoms with Crippen LogP contribution < -0.4 is 10.1 Å². The van der Waals surface area contributed by atoms with Crippen molar-refractivity contribution >= 4 is 17.5 Å². The van der Waals surface area contributed by atoms with E-state index in [0.29, 0.717) is 38.5 Å². The summed E-state index contributed by atoms with van der Waals surface area (Å²) in [6, 6.07) is 26.8. The Labute approximate surface area is 201 Å². The fourth-order valence-electron chi connectivity index (χ4n) is 4.26. The zero-order chi connectivity index (χ0) is 23.8. The summed E-state index contributed by atoms with van der Waals surface area (Å²) in [5.74, 6) is 0.573. The van der Waals surface area contributed by atoms with E-state index in [9.17, 15) is 9.59 Å². The number of nitrogens with one attached hydrogen (secondary N) is 1. The molecule has 1 aliphatic heterocycles. The van der Waals surface area contributed by atoms with E-state index in [2.05, 4.69) is 22.3 Å². The molecule has 1 atom stereocenters. The second-order valence-electron chi connectivity index (χ2n) is 8.43. The maximum absolute atomic E-state index is 13.5. The maximum Gasteiger partial charge on any atom is 0.240 e. The highest BCUT2D eigenvalue weighted by Crippen LogP contribution is 2.21. The van der Waals surface area contributed by atoms with Gasteiger partial charge in [0.1, 0.15) is 5.75 Å². The predicted molar refractivity (Wildman–Crippen MR) is 133 cm³/mol. The van der Waals surface area contributed by atoms with Crippen LogP contribution in [0.2, 0.25) is 0 Å². The first-order chi connectivity index (χ1) is 16.6. The maximum atomic E-state index is 13.5. The lowest BCUT2D eigenvalue weighted by Gasteiger charge is -2.40. The van der Waals surface area contributed by atoms with Gasteiger partial charge in [0.2, 0.25) is 11.8 Å². The fourth-order valence-corrected chi connectivity index (χ4v) is 4.26. The van der Waals surface area contributed by atoms with Crippen LogP contribution in [0.25, 0.3) is 0 Å². The first-order valence-electron chi connectivity index (χ1n) is 11.8. The third-order valence-electron chi connectivity index (χ3n) is 5.97. The summed E-state index contributed by atoms with van der Waals surface area (Å²) < 4.78 is 5.46. The number of hydrogen-bond acceptors (Lipinski definition) is 4. The van der Waals surface area contributed by atoms with Crippen molar-refractivity contribution < 1.29 is 14.3 Å². The summed E-state index contributed by atoms with van der Waals surface area (Å²) in [6.45, 7) is 5.06. The molecule has 6 heteroatoms. The number of carbonyl (C=O) groups excluding carboxylic acids is 2. The van der Waals surface area contributed by atoms with E-state index in [1.54, 1.807) is 0 Å². The van der Waals surface area contributed by atoms with Crippen LogP contribution in [0.4, 0.5) is 5.69 Å². The highest BCUT2D eigenvalue weighted by molar-refractivity contribution is 5.95. The fraction of sp³-hybridized carbons (Fsp3) is 0.286. The van der Waals surface area contributed by atoms with Gasteiger partial charge < -0.3 is 15.0 Å². The van der Waals surface area contributed by atoms with Gasteiger partial charge >= 0.3 is 0 Å². The van der Waals surface area contributed by atoms with Gasteiger partial charge in [0.05, 0.1) is 19.1 Å². The van der Waals surface area contributed by atoms with Gasteiger partial charge in [-0.1, -0.05) is 60.7 Å². The number of amides is 2. The van der Waals surface area contributed by atoms with Gasteiger partial charge in [-0.15, -0.1) is 0 Å². The van der Waals surface area contributed by atoms with E-state index in [1.807, 2.05) is 84.6 Å². The Morgan fingerprint density at radius 3 is 2.12 bits per heavy atom. The van der Waals surface area contributed by atoms with Gasteiger partial charge in [-0.25, -0.2) is 0 Å². The second kappa shape index (κ2) is 11.5. The molecule has 3 aromatic carbocycles. The number of rotatable bonds is 9. The molecule has 0 bridgehead atoms. The molecular weight excluding hydrogens is 426 g/mol. The molecule has 0 aliphatic carbocycles. The quantitative estimate of drug-likeness (QED) is 0.520. The number of hydrogen-bond donors (Lipinski definition) is 1. The topological polar surface area (TPSA) is 61.9 Å². The molecule has 3 aromatic rings. The Morgan fingerprint density at radius 2 is 1.50 bits per heavy atom. The van der Waals surface area contributed by atoms with Crippen LogP contribution >= 0.6 is 0 Å². The van der Waals surface area contributed by atoms with Gasteiger partial charge in [0.25, 0.3) is 0 Å². The molecule has 0 spiro atoms. The van der Waals surface area contributed by atoms with Crippen LogP contribution in [0.3, 0.4) is 0 Å². The standard InChI is InChI=1S/C28H31N3O3/c1-2-34-25-15-13-24(14-16-25)29-27(32)19-26-28(33)31(21-23-11-7-4-8-12-23)18-17-30(26)20-22-9-5-3-6-10-22/h3-16,26H,2,17-21H2,1H3,(H,29,32)/t26-/m1/s1. The van der Waals surface area contributed by atoms with Crippen LogP contribution in [-0.2, 0) is 22.7 Å². The van der Waals surface area contributed by atoms with Crippen molar-refractivity contribution in [2.24, 2.45) is 0 Å². The molecule has 176 valence electrons. The van der Waals surface area contributed by atoms with Crippen molar-refractivity contribution in [3.63, 3.8) is 0 Å². The number of ether oxygens (including phenoxy) is 1. The zero-order valence-corrected chi connectivity index (χ0v) is 19.5. The molecule has 0 radical (unpaired) electrons. The SMILES string of the molecule is CCOc1ccc(NC(=O)C[C@@H]2C(=O)N(Cc3ccccc3)CCN2Cc2ccccc2)cc1. The van der Waals surface area contributed by atoms with E-state index >= 15 is 0 Å². The van der Waals surface area contributed by atoms with Crippen LogP contribution in [0.1, 0.15) is 24.5 Å². The lowest BCUT2D eigenvalue weighted by atomic mass is 10.0. The number of anilines is 1. The van der Waals surface area contributed by atoms with Gasteiger partial charge in [0.15, 0.2) is 0 Å². The van der Waals surface area contributed by atoms with E-state index in [4.69, 9.17) is 4.74 Å². The molecule has 1 N–H and O–H groups in total. The minimum atomic E-state index is -0.514. The Balaban J connectivity index is 1.47. The highest BCUT2D eigenvalue weighted by atomic mass is 16.5. The van der Waals surface area contributed by atoms with Gasteiger partial charge in [0, 0.05) is 31.9 Å². The van der Waals surface area contributed by atoms with E-state index in [0.717, 1.165) is 16.9 Å². The van der Waals surface area contributed by atoms with Crippen molar-refractivity contribution in [1.82, 2.24) is 9.80 Å². The third-order valence-corrected chi connectivity index (χ3v) is 5.97. The number of benzene rings is 3. The van der Waals surface area contributed by atoms with Crippen molar-refractivity contribution in [1.29, 1.82) is 0 Å². The smallest absolute Gasteiger partial charge is 0.240 e. The van der Waals surface area contributed by atoms with E-state index in [1.165, 1.54) is 0 Å². The first-order valence-corrected chi connectivity index (χ1v) is 11.8. The largest absolute Gasteiger partial charge is 0.494 e. The normalized spacial score (nSPS) is 16.3. The van der Waals surface area contributed by atoms with Crippen LogP contribution in [0.15, 0.2) is 84.9 Å². The monoisotopic (exact) mass is 457 g/mol. The van der Waals surface area contributed by atoms with Crippen molar-refractivity contribution in [2.45, 2.75) is 32.5 Å². The van der Waals surface area contributed by atoms with E-state index < -0.39 is 6.04 Å². The first kappa shape index (κ1) is 23.5. The summed E-state index contributed by atoms with van der Waals surface area (Å²) in [7, 11) is 0. The Hall–Kier alpha value is -3.64. The molecule has 1 heterocycles. The molecule has 1 aliphatic rings. The van der Waals surface area contributed by atoms with Gasteiger partial charge in [-0.05, 0) is 42.3 Å². The Morgan fingerprint density at radius 1 is 0.882 bits per heavy atom. The molecule has 6 nitrogen and oxygen atoms in total. The van der Waals surface area contributed by atoms with Crippen molar-refractivity contribution in [3.05, 3.63) is 96.1 Å². The molecule has 1 fully saturated rings. The van der Waals surface area contributed by atoms with Crippen molar-refractivity contribution in [3.8, 4) is 5.75 Å². The van der Waals surface area contributed by atoms with Crippen LogP contribution in [0, 0.1) is 0 Å². The summed E-state index contributed by atoms with van der Waals surface area (Å²) in [5.41, 5.74) is 2.90. The van der Waals surface area contributed by atoms with Crippen molar-refractivity contribution in [2.75, 3.05) is 25.0 Å². The molecule has 2 amide bonds. The summed E-state index contributed by atoms with van der Waals surface area (Å²) in [5, 5.41) is 2.94. The molecule has 1 saturated heterocycles. The number of piperazine rings is 1. The summed E-state index contributed by atoms with van der Waals surface area (Å²) >= 11 is 0. The van der Waals surface area contributed by atoms with E-state index in [-0.39, 0.29) is 18.2 Å². The lowest BCUT2D eigenvalue weighted by molar-refractivity contribution is -0.145. The predicted octanol–water partition coefficient (Wildman–Crippen LogP) is 4.33. The molecule has 0 aromatic heterocycles. The van der Waals surface area contributed by atoms with Gasteiger partial charge in [-0.2, -0.15) is 0 Å². The molecule has 0 saturated carbocycles. The third kappa shape index (κ3) is 6.23. The second-order valence-corrected chi connectivity index (χ2v) is 8.43.